The summed E-state index contributed by atoms with van der Waals surface area (Å²) in [5.41, 5.74) is 0.878. The molecular formula is C9H10N2O2. The zero-order chi connectivity index (χ0) is 9.26. The molecule has 0 aromatic carbocycles. The lowest BCUT2D eigenvalue weighted by Crippen LogP contribution is -2.27. The van der Waals surface area contributed by atoms with Crippen LogP contribution in [0.4, 0.5) is 0 Å². The van der Waals surface area contributed by atoms with Gasteiger partial charge in [0, 0.05) is 18.1 Å². The summed E-state index contributed by atoms with van der Waals surface area (Å²) in [5.74, 6) is 0.0614. The molecule has 13 heavy (non-hydrogen) atoms. The van der Waals surface area contributed by atoms with Gasteiger partial charge in [0.15, 0.2) is 12.4 Å². The fourth-order valence-corrected chi connectivity index (χ4v) is 1.54. The number of rotatable bonds is 1. The van der Waals surface area contributed by atoms with E-state index in [9.17, 15) is 10.0 Å². The Hall–Kier alpha value is -1.58. The van der Waals surface area contributed by atoms with E-state index in [1.807, 2.05) is 6.07 Å². The Morgan fingerprint density at radius 3 is 3.08 bits per heavy atom. The van der Waals surface area contributed by atoms with Gasteiger partial charge in [0.25, 0.3) is 0 Å². The molecule has 1 atom stereocenters. The van der Waals surface area contributed by atoms with Crippen molar-refractivity contribution in [3.8, 4) is 0 Å². The second-order valence-corrected chi connectivity index (χ2v) is 3.16. The third-order valence-corrected chi connectivity index (χ3v) is 2.20. The first-order valence-electron chi connectivity index (χ1n) is 4.24. The van der Waals surface area contributed by atoms with Crippen molar-refractivity contribution in [3.63, 3.8) is 0 Å². The van der Waals surface area contributed by atoms with Crippen molar-refractivity contribution >= 4 is 5.91 Å². The summed E-state index contributed by atoms with van der Waals surface area (Å²) in [6, 6.07) is 3.56. The minimum absolute atomic E-state index is 0.0221. The van der Waals surface area contributed by atoms with Gasteiger partial charge in [-0.15, -0.1) is 0 Å². The predicted molar refractivity (Wildman–Crippen MR) is 45.5 cm³/mol. The van der Waals surface area contributed by atoms with Gasteiger partial charge in [0.1, 0.15) is 0 Å². The maximum absolute atomic E-state index is 10.9. The van der Waals surface area contributed by atoms with Gasteiger partial charge in [-0.3, -0.25) is 4.79 Å². The number of pyridine rings is 1. The normalized spacial score (nSPS) is 21.5. The van der Waals surface area contributed by atoms with Crippen LogP contribution in [0.25, 0.3) is 0 Å². The lowest BCUT2D eigenvalue weighted by molar-refractivity contribution is -0.606. The van der Waals surface area contributed by atoms with E-state index in [-0.39, 0.29) is 11.9 Å². The van der Waals surface area contributed by atoms with Crippen LogP contribution < -0.4 is 10.0 Å². The summed E-state index contributed by atoms with van der Waals surface area (Å²) < 4.78 is 0.750. The van der Waals surface area contributed by atoms with Crippen LogP contribution in [0.5, 0.6) is 0 Å². The van der Waals surface area contributed by atoms with E-state index in [0.29, 0.717) is 6.42 Å². The fraction of sp³-hybridized carbons (Fsp3) is 0.333. The first-order chi connectivity index (χ1) is 6.25. The quantitative estimate of drug-likeness (QED) is 0.495. The molecule has 1 fully saturated rings. The molecule has 4 nitrogen and oxygen atoms in total. The monoisotopic (exact) mass is 178 g/mol. The molecule has 0 saturated carbocycles. The van der Waals surface area contributed by atoms with Crippen LogP contribution in [0.15, 0.2) is 24.5 Å². The number of hydrogen-bond acceptors (Lipinski definition) is 2. The number of carbonyl (C=O) groups excluding carboxylic acids is 1. The molecule has 1 aliphatic heterocycles. The van der Waals surface area contributed by atoms with Crippen LogP contribution >= 0.6 is 0 Å². The maximum Gasteiger partial charge on any atom is 0.220 e. The molecule has 1 N–H and O–H groups in total. The summed E-state index contributed by atoms with van der Waals surface area (Å²) >= 11 is 0. The second kappa shape index (κ2) is 3.05. The molecule has 0 spiro atoms. The highest BCUT2D eigenvalue weighted by Crippen LogP contribution is 2.21. The van der Waals surface area contributed by atoms with Gasteiger partial charge < -0.3 is 10.5 Å². The van der Waals surface area contributed by atoms with E-state index in [1.54, 1.807) is 6.07 Å². The molecule has 1 aliphatic rings. The highest BCUT2D eigenvalue weighted by molar-refractivity contribution is 5.78. The molecule has 0 unspecified atom stereocenters. The minimum atomic E-state index is 0.0221. The van der Waals surface area contributed by atoms with Gasteiger partial charge in [-0.2, -0.15) is 4.73 Å². The SMILES string of the molecule is O=C1CC[C@H](c2ccc[n+]([O-])c2)N1. The van der Waals surface area contributed by atoms with E-state index in [1.165, 1.54) is 12.4 Å². The molecule has 2 rings (SSSR count). The van der Waals surface area contributed by atoms with Gasteiger partial charge in [-0.1, -0.05) is 0 Å². The van der Waals surface area contributed by atoms with Crippen molar-refractivity contribution in [1.29, 1.82) is 0 Å². The number of nitrogens with one attached hydrogen (secondary N) is 1. The van der Waals surface area contributed by atoms with E-state index in [4.69, 9.17) is 0 Å². The summed E-state index contributed by atoms with van der Waals surface area (Å²) in [6.07, 6.45) is 4.26. The smallest absolute Gasteiger partial charge is 0.220 e. The van der Waals surface area contributed by atoms with Crippen molar-refractivity contribution < 1.29 is 9.52 Å². The Balaban J connectivity index is 2.21. The highest BCUT2D eigenvalue weighted by Gasteiger charge is 2.23. The lowest BCUT2D eigenvalue weighted by Gasteiger charge is -2.08. The average Bonchev–Trinajstić information content (AvgIpc) is 2.52. The Bertz CT molecular complexity index is 338. The molecule has 1 aromatic rings. The zero-order valence-electron chi connectivity index (χ0n) is 7.06. The van der Waals surface area contributed by atoms with Crippen LogP contribution in [-0.2, 0) is 4.79 Å². The Labute approximate surface area is 75.8 Å². The summed E-state index contributed by atoms with van der Waals surface area (Å²) in [5, 5.41) is 13.7. The molecule has 1 saturated heterocycles. The molecule has 2 heterocycles. The van der Waals surface area contributed by atoms with E-state index in [2.05, 4.69) is 5.32 Å². The van der Waals surface area contributed by atoms with Gasteiger partial charge in [-0.25, -0.2) is 0 Å². The van der Waals surface area contributed by atoms with Crippen molar-refractivity contribution in [2.24, 2.45) is 0 Å². The maximum atomic E-state index is 10.9. The topological polar surface area (TPSA) is 56.0 Å². The summed E-state index contributed by atoms with van der Waals surface area (Å²) in [7, 11) is 0. The molecule has 0 bridgehead atoms. The molecular weight excluding hydrogens is 168 g/mol. The number of hydrogen-bond donors (Lipinski definition) is 1. The number of amides is 1. The first-order valence-corrected chi connectivity index (χ1v) is 4.24. The van der Waals surface area contributed by atoms with Crippen molar-refractivity contribution in [3.05, 3.63) is 35.3 Å². The Kier molecular flexibility index (Phi) is 1.88. The molecule has 1 aromatic heterocycles. The van der Waals surface area contributed by atoms with Crippen LogP contribution in [0, 0.1) is 5.21 Å². The standard InChI is InChI=1S/C9H10N2O2/c12-9-4-3-8(10-9)7-2-1-5-11(13)6-7/h1-2,5-6,8H,3-4H2,(H,10,12)/t8-/m1/s1. The van der Waals surface area contributed by atoms with Gasteiger partial charge in [-0.05, 0) is 12.5 Å². The van der Waals surface area contributed by atoms with Crippen LogP contribution in [0.2, 0.25) is 0 Å². The number of carbonyl (C=O) groups is 1. The largest absolute Gasteiger partial charge is 0.619 e. The van der Waals surface area contributed by atoms with Gasteiger partial charge >= 0.3 is 0 Å². The molecule has 0 aliphatic carbocycles. The van der Waals surface area contributed by atoms with Crippen LogP contribution in [0.3, 0.4) is 0 Å². The molecule has 68 valence electrons. The first kappa shape index (κ1) is 8.04. The highest BCUT2D eigenvalue weighted by atomic mass is 16.5. The summed E-state index contributed by atoms with van der Waals surface area (Å²) in [4.78, 5) is 10.9. The molecule has 1 amide bonds. The summed E-state index contributed by atoms with van der Waals surface area (Å²) in [6.45, 7) is 0. The van der Waals surface area contributed by atoms with Crippen LogP contribution in [0.1, 0.15) is 24.4 Å². The van der Waals surface area contributed by atoms with Crippen molar-refractivity contribution in [2.45, 2.75) is 18.9 Å². The Morgan fingerprint density at radius 2 is 2.46 bits per heavy atom. The number of nitrogens with zero attached hydrogens (tertiary/aromatic N) is 1. The van der Waals surface area contributed by atoms with Crippen molar-refractivity contribution in [2.75, 3.05) is 0 Å². The van der Waals surface area contributed by atoms with E-state index >= 15 is 0 Å². The van der Waals surface area contributed by atoms with Crippen molar-refractivity contribution in [1.82, 2.24) is 5.32 Å². The van der Waals surface area contributed by atoms with Gasteiger partial charge in [0.2, 0.25) is 5.91 Å². The minimum Gasteiger partial charge on any atom is -0.619 e. The molecule has 0 radical (unpaired) electrons. The predicted octanol–water partition coefficient (Wildman–Crippen LogP) is 0.271. The average molecular weight is 178 g/mol. The van der Waals surface area contributed by atoms with E-state index < -0.39 is 0 Å². The van der Waals surface area contributed by atoms with Gasteiger partial charge in [0.05, 0.1) is 6.04 Å². The molecule has 4 heteroatoms. The van der Waals surface area contributed by atoms with Crippen LogP contribution in [-0.4, -0.2) is 5.91 Å². The fourth-order valence-electron chi connectivity index (χ4n) is 1.54. The number of aromatic nitrogens is 1. The lowest BCUT2D eigenvalue weighted by atomic mass is 10.1. The zero-order valence-corrected chi connectivity index (χ0v) is 7.06. The third-order valence-electron chi connectivity index (χ3n) is 2.20. The third kappa shape index (κ3) is 1.61. The Morgan fingerprint density at radius 1 is 1.62 bits per heavy atom. The second-order valence-electron chi connectivity index (χ2n) is 3.16. The van der Waals surface area contributed by atoms with E-state index in [0.717, 1.165) is 16.7 Å².